The summed E-state index contributed by atoms with van der Waals surface area (Å²) in [4.78, 5) is 49.7. The van der Waals surface area contributed by atoms with Gasteiger partial charge in [0.15, 0.2) is 18.1 Å². The number of amides is 4. The molecule has 0 saturated carbocycles. The number of ether oxygens (including phenoxy) is 3. The molecule has 9 nitrogen and oxygen atoms in total. The molecule has 2 aromatic rings. The van der Waals surface area contributed by atoms with Crippen molar-refractivity contribution in [3.63, 3.8) is 0 Å². The molecule has 32 heavy (non-hydrogen) atoms. The number of imide groups is 2. The lowest BCUT2D eigenvalue weighted by Gasteiger charge is -2.26. The molecule has 0 unspecified atom stereocenters. The van der Waals surface area contributed by atoms with Gasteiger partial charge in [0.1, 0.15) is 5.57 Å². The summed E-state index contributed by atoms with van der Waals surface area (Å²) in [5.74, 6) is -2.08. The minimum atomic E-state index is -0.887. The number of halogens is 2. The van der Waals surface area contributed by atoms with E-state index in [2.05, 4.69) is 10.1 Å². The number of hydrogen-bond donors (Lipinski definition) is 1. The number of esters is 1. The number of nitrogens with one attached hydrogen (secondary N) is 1. The lowest BCUT2D eigenvalue weighted by Crippen LogP contribution is -2.54. The Hall–Kier alpha value is -3.56. The van der Waals surface area contributed by atoms with Crippen molar-refractivity contribution in [1.29, 1.82) is 0 Å². The Morgan fingerprint density at radius 1 is 1.09 bits per heavy atom. The van der Waals surface area contributed by atoms with Gasteiger partial charge in [-0.1, -0.05) is 23.2 Å². The van der Waals surface area contributed by atoms with Gasteiger partial charge in [-0.3, -0.25) is 14.9 Å². The zero-order chi connectivity index (χ0) is 23.4. The van der Waals surface area contributed by atoms with E-state index in [-0.39, 0.29) is 27.8 Å². The highest BCUT2D eigenvalue weighted by molar-refractivity contribution is 6.39. The molecule has 0 aliphatic carbocycles. The van der Waals surface area contributed by atoms with Gasteiger partial charge in [-0.05, 0) is 48.0 Å². The van der Waals surface area contributed by atoms with E-state index in [0.717, 1.165) is 4.90 Å². The molecular weight excluding hydrogens is 463 g/mol. The Morgan fingerprint density at radius 3 is 2.41 bits per heavy atom. The van der Waals surface area contributed by atoms with Crippen molar-refractivity contribution in [2.24, 2.45) is 0 Å². The first kappa shape index (κ1) is 23.1. The molecule has 1 aliphatic heterocycles. The maximum atomic E-state index is 13.0. The van der Waals surface area contributed by atoms with E-state index in [0.29, 0.717) is 10.6 Å². The predicted octanol–water partition coefficient (Wildman–Crippen LogP) is 3.22. The Labute approximate surface area is 192 Å². The number of rotatable bonds is 6. The third kappa shape index (κ3) is 4.84. The lowest BCUT2D eigenvalue weighted by atomic mass is 10.1. The smallest absolute Gasteiger partial charge is 0.343 e. The van der Waals surface area contributed by atoms with E-state index in [9.17, 15) is 19.2 Å². The number of methoxy groups -OCH3 is 2. The van der Waals surface area contributed by atoms with E-state index >= 15 is 0 Å². The minimum Gasteiger partial charge on any atom is -0.493 e. The number of anilines is 1. The summed E-state index contributed by atoms with van der Waals surface area (Å²) >= 11 is 12.1. The van der Waals surface area contributed by atoms with Crippen molar-refractivity contribution in [2.75, 3.05) is 25.7 Å². The first-order valence-corrected chi connectivity index (χ1v) is 9.75. The van der Waals surface area contributed by atoms with Gasteiger partial charge in [0.05, 0.1) is 24.9 Å². The second kappa shape index (κ2) is 9.71. The van der Waals surface area contributed by atoms with Crippen molar-refractivity contribution in [3.05, 3.63) is 57.6 Å². The molecule has 0 spiro atoms. The van der Waals surface area contributed by atoms with Crippen molar-refractivity contribution >= 4 is 58.8 Å². The van der Waals surface area contributed by atoms with Crippen molar-refractivity contribution in [1.82, 2.24) is 5.32 Å². The van der Waals surface area contributed by atoms with Gasteiger partial charge < -0.3 is 14.2 Å². The lowest BCUT2D eigenvalue weighted by molar-refractivity contribution is -0.143. The highest BCUT2D eigenvalue weighted by Gasteiger charge is 2.36. The number of barbiturate groups is 1. The fourth-order valence-electron chi connectivity index (χ4n) is 2.80. The molecule has 3 rings (SSSR count). The van der Waals surface area contributed by atoms with E-state index < -0.39 is 30.4 Å². The molecule has 166 valence electrons. The van der Waals surface area contributed by atoms with Crippen LogP contribution in [0.3, 0.4) is 0 Å². The molecule has 11 heteroatoms. The van der Waals surface area contributed by atoms with Crippen LogP contribution in [0.15, 0.2) is 42.0 Å². The highest BCUT2D eigenvalue weighted by Crippen LogP contribution is 2.37. The van der Waals surface area contributed by atoms with Crippen LogP contribution in [0.5, 0.6) is 11.5 Å². The first-order valence-electron chi connectivity index (χ1n) is 8.99. The summed E-state index contributed by atoms with van der Waals surface area (Å²) in [5, 5.41) is 2.61. The molecular formula is C21H16Cl2N2O7. The first-order chi connectivity index (χ1) is 15.2. The normalized spacial score (nSPS) is 14.9. The van der Waals surface area contributed by atoms with Crippen LogP contribution in [0.2, 0.25) is 10.0 Å². The van der Waals surface area contributed by atoms with Gasteiger partial charge in [0, 0.05) is 5.02 Å². The quantitative estimate of drug-likeness (QED) is 0.385. The van der Waals surface area contributed by atoms with Crippen LogP contribution in [0, 0.1) is 0 Å². The van der Waals surface area contributed by atoms with Crippen LogP contribution in [-0.4, -0.2) is 44.6 Å². The Kier molecular flexibility index (Phi) is 7.01. The third-order valence-corrected chi connectivity index (χ3v) is 4.84. The van der Waals surface area contributed by atoms with Crippen molar-refractivity contribution < 1.29 is 33.4 Å². The molecule has 2 aromatic carbocycles. The third-order valence-electron chi connectivity index (χ3n) is 4.31. The van der Waals surface area contributed by atoms with E-state index in [1.165, 1.54) is 56.7 Å². The molecule has 1 fully saturated rings. The molecule has 1 heterocycles. The largest absolute Gasteiger partial charge is 0.493 e. The molecule has 0 atom stereocenters. The summed E-state index contributed by atoms with van der Waals surface area (Å²) in [6.07, 6.45) is 1.26. The second-order valence-electron chi connectivity index (χ2n) is 6.33. The van der Waals surface area contributed by atoms with Crippen LogP contribution in [0.25, 0.3) is 6.08 Å². The van der Waals surface area contributed by atoms with Crippen LogP contribution in [0.1, 0.15) is 5.56 Å². The number of nitrogens with zero attached hydrogens (tertiary/aromatic N) is 1. The summed E-state index contributed by atoms with van der Waals surface area (Å²) < 4.78 is 15.1. The van der Waals surface area contributed by atoms with Crippen LogP contribution in [0.4, 0.5) is 10.5 Å². The minimum absolute atomic E-state index is 0.0643. The van der Waals surface area contributed by atoms with Crippen LogP contribution >= 0.6 is 23.2 Å². The van der Waals surface area contributed by atoms with Crippen LogP contribution in [-0.2, 0) is 19.1 Å². The second-order valence-corrected chi connectivity index (χ2v) is 7.18. The number of carbonyl (C=O) groups excluding carboxylic acids is 4. The van der Waals surface area contributed by atoms with Gasteiger partial charge in [0.2, 0.25) is 0 Å². The summed E-state index contributed by atoms with van der Waals surface area (Å²) in [5.41, 5.74) is 0.250. The van der Waals surface area contributed by atoms with Crippen molar-refractivity contribution in [2.45, 2.75) is 0 Å². The predicted molar refractivity (Wildman–Crippen MR) is 116 cm³/mol. The zero-order valence-electron chi connectivity index (χ0n) is 16.8. The maximum absolute atomic E-state index is 13.0. The van der Waals surface area contributed by atoms with Gasteiger partial charge in [0.25, 0.3) is 11.8 Å². The van der Waals surface area contributed by atoms with E-state index in [1.54, 1.807) is 0 Å². The fourth-order valence-corrected chi connectivity index (χ4v) is 3.20. The van der Waals surface area contributed by atoms with Gasteiger partial charge in [-0.25, -0.2) is 14.5 Å². The zero-order valence-corrected chi connectivity index (χ0v) is 18.3. The SMILES string of the molecule is COC(=O)COc1c(Cl)cc(C=C2C(=O)NC(=O)N(c3ccc(Cl)cc3)C2=O)cc1OC. The van der Waals surface area contributed by atoms with Crippen molar-refractivity contribution in [3.8, 4) is 11.5 Å². The van der Waals surface area contributed by atoms with Gasteiger partial charge in [-0.2, -0.15) is 0 Å². The summed E-state index contributed by atoms with van der Waals surface area (Å²) in [6, 6.07) is 7.94. The molecule has 0 bridgehead atoms. The topological polar surface area (TPSA) is 111 Å². The van der Waals surface area contributed by atoms with E-state index in [4.69, 9.17) is 32.7 Å². The number of benzene rings is 2. The summed E-state index contributed by atoms with van der Waals surface area (Å²) in [7, 11) is 2.57. The number of urea groups is 1. The molecule has 0 radical (unpaired) electrons. The van der Waals surface area contributed by atoms with Gasteiger partial charge >= 0.3 is 12.0 Å². The number of carbonyl (C=O) groups is 4. The average molecular weight is 479 g/mol. The fraction of sp³-hybridized carbons (Fsp3) is 0.143. The highest BCUT2D eigenvalue weighted by atomic mass is 35.5. The number of hydrogen-bond acceptors (Lipinski definition) is 7. The maximum Gasteiger partial charge on any atom is 0.343 e. The monoisotopic (exact) mass is 478 g/mol. The van der Waals surface area contributed by atoms with Gasteiger partial charge in [-0.15, -0.1) is 0 Å². The summed E-state index contributed by atoms with van der Waals surface area (Å²) in [6.45, 7) is -0.397. The Morgan fingerprint density at radius 2 is 1.78 bits per heavy atom. The average Bonchev–Trinajstić information content (AvgIpc) is 2.76. The van der Waals surface area contributed by atoms with E-state index in [1.807, 2.05) is 0 Å². The molecule has 1 aliphatic rings. The Bertz CT molecular complexity index is 1130. The molecule has 4 amide bonds. The molecule has 1 N–H and O–H groups in total. The standard InChI is InChI=1S/C21H16Cl2N2O7/c1-30-16-9-11(8-15(23)18(16)32-10-17(26)31-2)7-14-19(27)24-21(29)25(20(14)28)13-5-3-12(22)4-6-13/h3-9H,10H2,1-2H3,(H,24,27,29). The Balaban J connectivity index is 1.96. The molecule has 1 saturated heterocycles. The molecule has 0 aromatic heterocycles. The van der Waals surface area contributed by atoms with Crippen LogP contribution < -0.4 is 19.7 Å².